The van der Waals surface area contributed by atoms with E-state index in [2.05, 4.69) is 64.2 Å². The van der Waals surface area contributed by atoms with Crippen molar-refractivity contribution in [1.29, 1.82) is 0 Å². The van der Waals surface area contributed by atoms with Gasteiger partial charge in [-0.05, 0) is 27.4 Å². The van der Waals surface area contributed by atoms with E-state index in [1.54, 1.807) is 11.3 Å². The molecule has 0 saturated heterocycles. The van der Waals surface area contributed by atoms with E-state index in [1.807, 2.05) is 6.07 Å². The molecule has 2 aromatic rings. The Morgan fingerprint density at radius 1 is 1.32 bits per heavy atom. The molecule has 2 aromatic heterocycles. The zero-order valence-electron chi connectivity index (χ0n) is 11.3. The molecule has 0 spiro atoms. The zero-order chi connectivity index (χ0) is 13.9. The first-order valence-corrected chi connectivity index (χ1v) is 7.82. The lowest BCUT2D eigenvalue weighted by molar-refractivity contribution is 0.306. The monoisotopic (exact) mass is 340 g/mol. The van der Waals surface area contributed by atoms with Crippen LogP contribution in [0.3, 0.4) is 0 Å². The maximum absolute atomic E-state index is 5.72. The first-order chi connectivity index (χ1) is 8.95. The molecule has 0 saturated carbocycles. The first-order valence-electron chi connectivity index (χ1n) is 6.15. The minimum absolute atomic E-state index is 0.0877. The summed E-state index contributed by atoms with van der Waals surface area (Å²) in [5.41, 5.74) is -0.0877. The van der Waals surface area contributed by atoms with Crippen molar-refractivity contribution in [2.45, 2.75) is 32.6 Å². The third-order valence-electron chi connectivity index (χ3n) is 2.52. The SMILES string of the molecule is CC(C)(C)c1nc(Br)cc(OCCc2cccs2)n1. The van der Waals surface area contributed by atoms with Crippen LogP contribution in [0.4, 0.5) is 0 Å². The molecule has 0 atom stereocenters. The number of ether oxygens (including phenoxy) is 1. The molecular formula is C14H17BrN2OS. The maximum Gasteiger partial charge on any atom is 0.217 e. The molecule has 3 nitrogen and oxygen atoms in total. The topological polar surface area (TPSA) is 35.0 Å². The highest BCUT2D eigenvalue weighted by atomic mass is 79.9. The highest BCUT2D eigenvalue weighted by Gasteiger charge is 2.19. The Morgan fingerprint density at radius 2 is 2.11 bits per heavy atom. The Kier molecular flexibility index (Phi) is 4.58. The van der Waals surface area contributed by atoms with E-state index in [0.29, 0.717) is 12.5 Å². The molecule has 2 rings (SSSR count). The summed E-state index contributed by atoms with van der Waals surface area (Å²) in [5.74, 6) is 1.41. The van der Waals surface area contributed by atoms with Crippen LogP contribution in [0.15, 0.2) is 28.2 Å². The van der Waals surface area contributed by atoms with E-state index in [9.17, 15) is 0 Å². The molecule has 0 bridgehead atoms. The van der Waals surface area contributed by atoms with Crippen LogP contribution >= 0.6 is 27.3 Å². The lowest BCUT2D eigenvalue weighted by atomic mass is 9.96. The molecule has 0 aliphatic heterocycles. The Hall–Kier alpha value is -0.940. The summed E-state index contributed by atoms with van der Waals surface area (Å²) in [4.78, 5) is 10.2. The Morgan fingerprint density at radius 3 is 2.74 bits per heavy atom. The van der Waals surface area contributed by atoms with Crippen molar-refractivity contribution in [2.24, 2.45) is 0 Å². The van der Waals surface area contributed by atoms with Gasteiger partial charge in [-0.2, -0.15) is 4.98 Å². The Bertz CT molecular complexity index is 535. The van der Waals surface area contributed by atoms with Crippen molar-refractivity contribution in [3.8, 4) is 5.88 Å². The molecule has 2 heterocycles. The van der Waals surface area contributed by atoms with Crippen molar-refractivity contribution in [2.75, 3.05) is 6.61 Å². The summed E-state index contributed by atoms with van der Waals surface area (Å²) < 4.78 is 6.48. The van der Waals surface area contributed by atoms with Gasteiger partial charge in [0.05, 0.1) is 6.61 Å². The predicted molar refractivity (Wildman–Crippen MR) is 82.0 cm³/mol. The molecule has 0 unspecified atom stereocenters. The molecule has 0 aromatic carbocycles. The van der Waals surface area contributed by atoms with Crippen LogP contribution in [-0.4, -0.2) is 16.6 Å². The molecule has 0 aliphatic rings. The molecule has 5 heteroatoms. The minimum atomic E-state index is -0.0877. The van der Waals surface area contributed by atoms with Gasteiger partial charge in [0.25, 0.3) is 0 Å². The molecule has 0 amide bonds. The van der Waals surface area contributed by atoms with E-state index in [4.69, 9.17) is 4.74 Å². The fourth-order valence-corrected chi connectivity index (χ4v) is 2.57. The fourth-order valence-electron chi connectivity index (χ4n) is 1.52. The second-order valence-electron chi connectivity index (χ2n) is 5.28. The van der Waals surface area contributed by atoms with Crippen LogP contribution in [0.5, 0.6) is 5.88 Å². The van der Waals surface area contributed by atoms with Crippen LogP contribution < -0.4 is 4.74 Å². The third kappa shape index (κ3) is 4.28. The van der Waals surface area contributed by atoms with Gasteiger partial charge >= 0.3 is 0 Å². The Balaban J connectivity index is 2.02. The van der Waals surface area contributed by atoms with Gasteiger partial charge in [0.2, 0.25) is 5.88 Å². The van der Waals surface area contributed by atoms with Crippen LogP contribution in [0, 0.1) is 0 Å². The van der Waals surface area contributed by atoms with Gasteiger partial charge in [0, 0.05) is 22.8 Å². The number of halogens is 1. The van der Waals surface area contributed by atoms with E-state index >= 15 is 0 Å². The second-order valence-corrected chi connectivity index (χ2v) is 7.13. The standard InChI is InChI=1S/C14H17BrN2OS/c1-14(2,3)13-16-11(15)9-12(17-13)18-7-6-10-5-4-8-19-10/h4-5,8-9H,6-7H2,1-3H3. The average Bonchev–Trinajstić information content (AvgIpc) is 2.80. The lowest BCUT2D eigenvalue weighted by Gasteiger charge is -2.17. The normalized spacial score (nSPS) is 11.6. The van der Waals surface area contributed by atoms with Crippen molar-refractivity contribution in [3.63, 3.8) is 0 Å². The van der Waals surface area contributed by atoms with Gasteiger partial charge in [-0.1, -0.05) is 26.8 Å². The fraction of sp³-hybridized carbons (Fsp3) is 0.429. The molecule has 0 radical (unpaired) electrons. The first kappa shape index (κ1) is 14.5. The smallest absolute Gasteiger partial charge is 0.217 e. The molecule has 0 aliphatic carbocycles. The summed E-state index contributed by atoms with van der Waals surface area (Å²) in [7, 11) is 0. The van der Waals surface area contributed by atoms with Gasteiger partial charge in [0.1, 0.15) is 10.4 Å². The molecule has 0 N–H and O–H groups in total. The number of aromatic nitrogens is 2. The summed E-state index contributed by atoms with van der Waals surface area (Å²) in [6.07, 6.45) is 0.907. The molecular weight excluding hydrogens is 324 g/mol. The van der Waals surface area contributed by atoms with E-state index in [-0.39, 0.29) is 5.41 Å². The molecule has 0 fully saturated rings. The van der Waals surface area contributed by atoms with Crippen LogP contribution in [0.1, 0.15) is 31.5 Å². The molecule has 19 heavy (non-hydrogen) atoms. The summed E-state index contributed by atoms with van der Waals surface area (Å²) in [6.45, 7) is 6.89. The van der Waals surface area contributed by atoms with Crippen molar-refractivity contribution in [1.82, 2.24) is 9.97 Å². The van der Waals surface area contributed by atoms with Gasteiger partial charge in [-0.3, -0.25) is 0 Å². The van der Waals surface area contributed by atoms with E-state index in [0.717, 1.165) is 16.8 Å². The van der Waals surface area contributed by atoms with Crippen LogP contribution in [0.2, 0.25) is 0 Å². The maximum atomic E-state index is 5.72. The number of rotatable bonds is 4. The summed E-state index contributed by atoms with van der Waals surface area (Å²) >= 11 is 5.15. The zero-order valence-corrected chi connectivity index (χ0v) is 13.7. The summed E-state index contributed by atoms with van der Waals surface area (Å²) in [6, 6.07) is 5.98. The minimum Gasteiger partial charge on any atom is -0.477 e. The van der Waals surface area contributed by atoms with Gasteiger partial charge < -0.3 is 4.74 Å². The van der Waals surface area contributed by atoms with Crippen molar-refractivity contribution >= 4 is 27.3 Å². The largest absolute Gasteiger partial charge is 0.477 e. The van der Waals surface area contributed by atoms with E-state index in [1.165, 1.54) is 4.88 Å². The number of hydrogen-bond donors (Lipinski definition) is 0. The van der Waals surface area contributed by atoms with Crippen molar-refractivity contribution in [3.05, 3.63) is 38.9 Å². The average molecular weight is 341 g/mol. The lowest BCUT2D eigenvalue weighted by Crippen LogP contribution is -2.17. The van der Waals surface area contributed by atoms with E-state index < -0.39 is 0 Å². The number of hydrogen-bond acceptors (Lipinski definition) is 4. The third-order valence-corrected chi connectivity index (χ3v) is 3.86. The number of nitrogens with zero attached hydrogens (tertiary/aromatic N) is 2. The molecule has 102 valence electrons. The van der Waals surface area contributed by atoms with Gasteiger partial charge in [-0.25, -0.2) is 4.98 Å². The number of thiophene rings is 1. The van der Waals surface area contributed by atoms with Gasteiger partial charge in [0.15, 0.2) is 0 Å². The predicted octanol–water partition coefficient (Wildman–Crippen LogP) is 4.22. The van der Waals surface area contributed by atoms with Crippen LogP contribution in [0.25, 0.3) is 0 Å². The highest BCUT2D eigenvalue weighted by Crippen LogP contribution is 2.23. The Labute approximate surface area is 126 Å². The van der Waals surface area contributed by atoms with Crippen molar-refractivity contribution < 1.29 is 4.74 Å². The quantitative estimate of drug-likeness (QED) is 0.781. The van der Waals surface area contributed by atoms with Crippen LogP contribution in [-0.2, 0) is 11.8 Å². The summed E-state index contributed by atoms with van der Waals surface area (Å²) in [5, 5.41) is 2.08. The highest BCUT2D eigenvalue weighted by molar-refractivity contribution is 9.10. The second kappa shape index (κ2) is 6.01. The van der Waals surface area contributed by atoms with Gasteiger partial charge in [-0.15, -0.1) is 11.3 Å².